The van der Waals surface area contributed by atoms with Crippen LogP contribution in [0.5, 0.6) is 0 Å². The molecule has 0 aliphatic rings. The molecule has 0 amide bonds. The normalized spacial score (nSPS) is 10.6. The quantitative estimate of drug-likeness (QED) is 0.772. The maximum absolute atomic E-state index is 5.99. The van der Waals surface area contributed by atoms with Crippen molar-refractivity contribution >= 4 is 23.1 Å². The zero-order valence-electron chi connectivity index (χ0n) is 12.4. The Kier molecular flexibility index (Phi) is 5.96. The molecule has 0 fully saturated rings. The number of benzene rings is 1. The van der Waals surface area contributed by atoms with E-state index in [0.29, 0.717) is 23.4 Å². The lowest BCUT2D eigenvalue weighted by molar-refractivity contribution is 0.178. The van der Waals surface area contributed by atoms with E-state index in [9.17, 15) is 0 Å². The zero-order chi connectivity index (χ0) is 15.1. The molecule has 0 bridgehead atoms. The molecule has 0 saturated carbocycles. The number of halogens is 1. The Morgan fingerprint density at radius 2 is 1.95 bits per heavy atom. The number of ether oxygens (including phenoxy) is 1. The molecule has 1 N–H and O–H groups in total. The number of nitrogens with one attached hydrogen (secondary N) is 1. The maximum Gasteiger partial charge on any atom is 0.158 e. The molecule has 0 radical (unpaired) electrons. The molecule has 1 aromatic carbocycles. The van der Waals surface area contributed by atoms with Crippen molar-refractivity contribution in [2.45, 2.75) is 32.8 Å². The third-order valence-electron chi connectivity index (χ3n) is 3.06. The third kappa shape index (κ3) is 4.99. The van der Waals surface area contributed by atoms with Gasteiger partial charge in [-0.05, 0) is 30.5 Å². The highest BCUT2D eigenvalue weighted by Gasteiger charge is 2.04. The second-order valence-electron chi connectivity index (χ2n) is 4.85. The number of methoxy groups -OCH3 is 1. The SMILES string of the molecule is CCCCc1ccc(Nc2cc(Cl)nc(COC)n2)cc1. The minimum atomic E-state index is 0.338. The van der Waals surface area contributed by atoms with Crippen LogP contribution in [0.4, 0.5) is 11.5 Å². The Bertz CT molecular complexity index is 572. The number of anilines is 2. The molecule has 0 aliphatic heterocycles. The number of unbranched alkanes of at least 4 members (excludes halogenated alkanes) is 1. The summed E-state index contributed by atoms with van der Waals surface area (Å²) in [4.78, 5) is 8.46. The van der Waals surface area contributed by atoms with Gasteiger partial charge in [0.05, 0.1) is 0 Å². The van der Waals surface area contributed by atoms with Gasteiger partial charge in [-0.1, -0.05) is 37.1 Å². The van der Waals surface area contributed by atoms with Crippen LogP contribution in [0.3, 0.4) is 0 Å². The molecule has 1 aromatic heterocycles. The Balaban J connectivity index is 2.07. The van der Waals surface area contributed by atoms with Crippen molar-refractivity contribution in [3.63, 3.8) is 0 Å². The number of aromatic nitrogens is 2. The van der Waals surface area contributed by atoms with E-state index in [-0.39, 0.29) is 0 Å². The van der Waals surface area contributed by atoms with Gasteiger partial charge >= 0.3 is 0 Å². The second kappa shape index (κ2) is 7.96. The van der Waals surface area contributed by atoms with Crippen LogP contribution in [0.2, 0.25) is 5.15 Å². The molecule has 0 atom stereocenters. The average Bonchev–Trinajstić information content (AvgIpc) is 2.46. The van der Waals surface area contributed by atoms with Gasteiger partial charge in [0.1, 0.15) is 17.6 Å². The van der Waals surface area contributed by atoms with E-state index in [1.807, 2.05) is 0 Å². The summed E-state index contributed by atoms with van der Waals surface area (Å²) in [7, 11) is 1.60. The first-order valence-electron chi connectivity index (χ1n) is 7.09. The van der Waals surface area contributed by atoms with Crippen LogP contribution in [0, 0.1) is 0 Å². The molecule has 21 heavy (non-hydrogen) atoms. The summed E-state index contributed by atoms with van der Waals surface area (Å²) in [6.07, 6.45) is 3.55. The second-order valence-corrected chi connectivity index (χ2v) is 5.24. The topological polar surface area (TPSA) is 47.0 Å². The van der Waals surface area contributed by atoms with Gasteiger partial charge in [-0.15, -0.1) is 0 Å². The van der Waals surface area contributed by atoms with E-state index in [1.54, 1.807) is 13.2 Å². The van der Waals surface area contributed by atoms with Gasteiger partial charge in [-0.3, -0.25) is 0 Å². The van der Waals surface area contributed by atoms with E-state index in [4.69, 9.17) is 16.3 Å². The van der Waals surface area contributed by atoms with E-state index in [0.717, 1.165) is 12.1 Å². The lowest BCUT2D eigenvalue weighted by atomic mass is 10.1. The summed E-state index contributed by atoms with van der Waals surface area (Å²) in [6.45, 7) is 2.54. The van der Waals surface area contributed by atoms with Crippen LogP contribution < -0.4 is 5.32 Å². The summed E-state index contributed by atoms with van der Waals surface area (Å²) >= 11 is 5.99. The van der Waals surface area contributed by atoms with Crippen LogP contribution >= 0.6 is 11.6 Å². The van der Waals surface area contributed by atoms with Gasteiger partial charge in [0.15, 0.2) is 5.82 Å². The van der Waals surface area contributed by atoms with Crippen LogP contribution in [0.15, 0.2) is 30.3 Å². The fourth-order valence-electron chi connectivity index (χ4n) is 2.01. The lowest BCUT2D eigenvalue weighted by Crippen LogP contribution is -2.01. The molecule has 5 heteroatoms. The van der Waals surface area contributed by atoms with E-state index in [1.165, 1.54) is 18.4 Å². The number of hydrogen-bond donors (Lipinski definition) is 1. The molecular weight excluding hydrogens is 286 g/mol. The summed E-state index contributed by atoms with van der Waals surface area (Å²) in [6, 6.07) is 10.1. The van der Waals surface area contributed by atoms with Crippen LogP contribution in [0.1, 0.15) is 31.2 Å². The van der Waals surface area contributed by atoms with Crippen molar-refractivity contribution < 1.29 is 4.74 Å². The first-order valence-corrected chi connectivity index (χ1v) is 7.47. The van der Waals surface area contributed by atoms with Crippen molar-refractivity contribution in [2.75, 3.05) is 12.4 Å². The van der Waals surface area contributed by atoms with Crippen molar-refractivity contribution in [2.24, 2.45) is 0 Å². The van der Waals surface area contributed by atoms with Gasteiger partial charge in [-0.2, -0.15) is 0 Å². The van der Waals surface area contributed by atoms with Crippen molar-refractivity contribution in [3.05, 3.63) is 46.9 Å². The predicted octanol–water partition coefficient (Wildman–Crippen LogP) is 4.36. The molecule has 0 unspecified atom stereocenters. The fraction of sp³-hybridized carbons (Fsp3) is 0.375. The summed E-state index contributed by atoms with van der Waals surface area (Å²) in [5, 5.41) is 3.64. The zero-order valence-corrected chi connectivity index (χ0v) is 13.2. The third-order valence-corrected chi connectivity index (χ3v) is 3.25. The van der Waals surface area contributed by atoms with Gasteiger partial charge in [0, 0.05) is 18.9 Å². The van der Waals surface area contributed by atoms with Crippen LogP contribution in [-0.4, -0.2) is 17.1 Å². The standard InChI is InChI=1S/C16H20ClN3O/c1-3-4-5-12-6-8-13(9-7-12)18-15-10-14(17)19-16(20-15)11-21-2/h6-10H,3-5,11H2,1-2H3,(H,18,19,20). The number of aryl methyl sites for hydroxylation is 1. The van der Waals surface area contributed by atoms with Gasteiger partial charge in [0.2, 0.25) is 0 Å². The highest BCUT2D eigenvalue weighted by Crippen LogP contribution is 2.19. The summed E-state index contributed by atoms with van der Waals surface area (Å²) in [5.74, 6) is 1.23. The highest BCUT2D eigenvalue weighted by molar-refractivity contribution is 6.29. The highest BCUT2D eigenvalue weighted by atomic mass is 35.5. The van der Waals surface area contributed by atoms with Crippen molar-refractivity contribution in [1.82, 2.24) is 9.97 Å². The molecule has 2 aromatic rings. The fourth-order valence-corrected chi connectivity index (χ4v) is 2.21. The molecule has 112 valence electrons. The van der Waals surface area contributed by atoms with Crippen LogP contribution in [-0.2, 0) is 17.8 Å². The van der Waals surface area contributed by atoms with Gasteiger partial charge in [0.25, 0.3) is 0 Å². The molecule has 0 saturated heterocycles. The monoisotopic (exact) mass is 305 g/mol. The Hall–Kier alpha value is -1.65. The van der Waals surface area contributed by atoms with E-state index in [2.05, 4.69) is 46.5 Å². The largest absolute Gasteiger partial charge is 0.377 e. The van der Waals surface area contributed by atoms with Gasteiger partial charge < -0.3 is 10.1 Å². The predicted molar refractivity (Wildman–Crippen MR) is 86.1 cm³/mol. The van der Waals surface area contributed by atoms with Crippen LogP contribution in [0.25, 0.3) is 0 Å². The molecule has 0 spiro atoms. The Morgan fingerprint density at radius 3 is 2.62 bits per heavy atom. The van der Waals surface area contributed by atoms with Gasteiger partial charge in [-0.25, -0.2) is 9.97 Å². The smallest absolute Gasteiger partial charge is 0.158 e. The Morgan fingerprint density at radius 1 is 1.19 bits per heavy atom. The van der Waals surface area contributed by atoms with Crippen molar-refractivity contribution in [1.29, 1.82) is 0 Å². The Labute approximate surface area is 130 Å². The molecule has 2 rings (SSSR count). The minimum Gasteiger partial charge on any atom is -0.377 e. The molecule has 1 heterocycles. The molecule has 4 nitrogen and oxygen atoms in total. The van der Waals surface area contributed by atoms with E-state index >= 15 is 0 Å². The number of hydrogen-bond acceptors (Lipinski definition) is 4. The average molecular weight is 306 g/mol. The first-order chi connectivity index (χ1) is 10.2. The van der Waals surface area contributed by atoms with Crippen molar-refractivity contribution in [3.8, 4) is 0 Å². The summed E-state index contributed by atoms with van der Waals surface area (Å²) in [5.41, 5.74) is 2.33. The minimum absolute atomic E-state index is 0.338. The number of nitrogens with zero attached hydrogens (tertiary/aromatic N) is 2. The molecular formula is C16H20ClN3O. The maximum atomic E-state index is 5.99. The number of rotatable bonds is 7. The molecule has 0 aliphatic carbocycles. The van der Waals surface area contributed by atoms with E-state index < -0.39 is 0 Å². The summed E-state index contributed by atoms with van der Waals surface area (Å²) < 4.78 is 5.03. The lowest BCUT2D eigenvalue weighted by Gasteiger charge is -2.08. The first kappa shape index (κ1) is 15.7.